The van der Waals surface area contributed by atoms with E-state index >= 15 is 0 Å². The minimum absolute atomic E-state index is 0.135. The van der Waals surface area contributed by atoms with E-state index in [1.54, 1.807) is 0 Å². The average molecular weight is 329 g/mol. The summed E-state index contributed by atoms with van der Waals surface area (Å²) in [6.07, 6.45) is 7.65. The van der Waals surface area contributed by atoms with Gasteiger partial charge in [0.15, 0.2) is 11.5 Å². The van der Waals surface area contributed by atoms with E-state index in [9.17, 15) is 5.11 Å². The van der Waals surface area contributed by atoms with E-state index < -0.39 is 0 Å². The number of fused-ring (bicyclic) bond motifs is 2. The molecule has 23 heavy (non-hydrogen) atoms. The summed E-state index contributed by atoms with van der Waals surface area (Å²) >= 11 is 1.85. The fourth-order valence-corrected chi connectivity index (χ4v) is 4.70. The normalized spacial score (nSPS) is 24.4. The highest BCUT2D eigenvalue weighted by atomic mass is 32.2. The summed E-state index contributed by atoms with van der Waals surface area (Å²) in [4.78, 5) is 5.95. The lowest BCUT2D eigenvalue weighted by Gasteiger charge is -2.14. The van der Waals surface area contributed by atoms with Gasteiger partial charge in [0, 0.05) is 25.2 Å². The van der Waals surface area contributed by atoms with Gasteiger partial charge in [-0.1, -0.05) is 11.6 Å². The minimum Gasteiger partial charge on any atom is -0.454 e. The monoisotopic (exact) mass is 329 g/mol. The molecule has 0 saturated heterocycles. The number of aliphatic hydroxyl groups excluding tert-OH is 1. The van der Waals surface area contributed by atoms with Crippen molar-refractivity contribution in [3.8, 4) is 11.5 Å². The van der Waals surface area contributed by atoms with Crippen LogP contribution in [0.4, 0.5) is 0 Å². The number of hydrogen-bond donors (Lipinski definition) is 1. The number of dihydropyridines is 1. The van der Waals surface area contributed by atoms with Crippen molar-refractivity contribution in [3.05, 3.63) is 45.9 Å². The van der Waals surface area contributed by atoms with Gasteiger partial charge in [-0.25, -0.2) is 0 Å². The van der Waals surface area contributed by atoms with Gasteiger partial charge in [0.1, 0.15) is 5.37 Å². The molecule has 2 atom stereocenters. The molecule has 2 unspecified atom stereocenters. The molecule has 1 aromatic carbocycles. The van der Waals surface area contributed by atoms with Crippen molar-refractivity contribution in [1.29, 1.82) is 0 Å². The molecule has 0 fully saturated rings. The van der Waals surface area contributed by atoms with E-state index in [0.717, 1.165) is 23.5 Å². The lowest BCUT2D eigenvalue weighted by Crippen LogP contribution is -2.11. The Morgan fingerprint density at radius 3 is 2.78 bits per heavy atom. The van der Waals surface area contributed by atoms with Gasteiger partial charge in [-0.3, -0.25) is 4.99 Å². The Balaban J connectivity index is 1.65. The van der Waals surface area contributed by atoms with Gasteiger partial charge in [-0.2, -0.15) is 0 Å². The number of aliphatic imine (C=N–C) groups is 1. The van der Waals surface area contributed by atoms with Crippen LogP contribution in [-0.2, 0) is 12.8 Å². The summed E-state index contributed by atoms with van der Waals surface area (Å²) in [5.74, 6) is 2.00. The molecule has 1 N–H and O–H groups in total. The summed E-state index contributed by atoms with van der Waals surface area (Å²) < 4.78 is 11.0. The van der Waals surface area contributed by atoms with Crippen molar-refractivity contribution in [1.82, 2.24) is 0 Å². The van der Waals surface area contributed by atoms with Crippen LogP contribution in [0.5, 0.6) is 11.5 Å². The molecular formula is C18H19NO3S. The molecule has 3 aliphatic rings. The lowest BCUT2D eigenvalue weighted by atomic mass is 9.95. The first-order valence-corrected chi connectivity index (χ1v) is 8.73. The van der Waals surface area contributed by atoms with Crippen LogP contribution in [0.1, 0.15) is 18.1 Å². The molecule has 120 valence electrons. The quantitative estimate of drug-likeness (QED) is 0.922. The summed E-state index contributed by atoms with van der Waals surface area (Å²) in [7, 11) is 0. The van der Waals surface area contributed by atoms with Gasteiger partial charge in [-0.15, -0.1) is 11.8 Å². The van der Waals surface area contributed by atoms with Crippen LogP contribution in [0.25, 0.3) is 0 Å². The summed E-state index contributed by atoms with van der Waals surface area (Å²) in [5.41, 5.74) is 3.74. The number of allylic oxidation sites excluding steroid dienone is 2. The predicted octanol–water partition coefficient (Wildman–Crippen LogP) is 3.10. The van der Waals surface area contributed by atoms with Crippen molar-refractivity contribution >= 4 is 18.0 Å². The number of ether oxygens (including phenoxy) is 2. The molecule has 3 heterocycles. The smallest absolute Gasteiger partial charge is 0.231 e. The SMILES string of the molecule is CC1=C(Cc2cc3c(cc2CCO)OCO3)SC2N=CC=CC12. The van der Waals surface area contributed by atoms with E-state index in [2.05, 4.69) is 24.1 Å². The third-order valence-corrected chi connectivity index (χ3v) is 5.98. The topological polar surface area (TPSA) is 51.0 Å². The number of aliphatic hydroxyl groups is 1. The van der Waals surface area contributed by atoms with Crippen molar-refractivity contribution in [2.45, 2.75) is 25.1 Å². The molecule has 0 bridgehead atoms. The van der Waals surface area contributed by atoms with Crippen LogP contribution in [0.3, 0.4) is 0 Å². The number of hydrogen-bond acceptors (Lipinski definition) is 5. The summed E-state index contributed by atoms with van der Waals surface area (Å²) in [6.45, 7) is 2.62. The van der Waals surface area contributed by atoms with Crippen molar-refractivity contribution in [2.75, 3.05) is 13.4 Å². The van der Waals surface area contributed by atoms with Gasteiger partial charge < -0.3 is 14.6 Å². The zero-order valence-corrected chi connectivity index (χ0v) is 13.8. The van der Waals surface area contributed by atoms with Crippen molar-refractivity contribution < 1.29 is 14.6 Å². The second-order valence-electron chi connectivity index (χ2n) is 5.95. The zero-order chi connectivity index (χ0) is 15.8. The first kappa shape index (κ1) is 14.8. The second kappa shape index (κ2) is 6.06. The van der Waals surface area contributed by atoms with Crippen LogP contribution in [0.2, 0.25) is 0 Å². The molecule has 0 saturated carbocycles. The highest BCUT2D eigenvalue weighted by Gasteiger charge is 2.32. The van der Waals surface area contributed by atoms with Gasteiger partial charge in [0.25, 0.3) is 0 Å². The van der Waals surface area contributed by atoms with Crippen LogP contribution < -0.4 is 9.47 Å². The van der Waals surface area contributed by atoms with Crippen LogP contribution in [-0.4, -0.2) is 30.1 Å². The maximum Gasteiger partial charge on any atom is 0.231 e. The van der Waals surface area contributed by atoms with E-state index in [-0.39, 0.29) is 18.8 Å². The molecular weight excluding hydrogens is 310 g/mol. The average Bonchev–Trinajstić information content (AvgIpc) is 3.13. The van der Waals surface area contributed by atoms with Gasteiger partial charge in [-0.05, 0) is 47.6 Å². The summed E-state index contributed by atoms with van der Waals surface area (Å²) in [5, 5.41) is 9.64. The van der Waals surface area contributed by atoms with E-state index in [0.29, 0.717) is 12.3 Å². The second-order valence-corrected chi connectivity index (χ2v) is 7.16. The Bertz CT molecular complexity index is 723. The molecule has 4 rings (SSSR count). The maximum atomic E-state index is 9.36. The molecule has 0 amide bonds. The third-order valence-electron chi connectivity index (χ3n) is 4.57. The molecule has 0 spiro atoms. The third kappa shape index (κ3) is 2.68. The van der Waals surface area contributed by atoms with E-state index in [4.69, 9.17) is 9.47 Å². The Labute approximate surface area is 139 Å². The predicted molar refractivity (Wildman–Crippen MR) is 92.3 cm³/mol. The Morgan fingerprint density at radius 1 is 1.26 bits per heavy atom. The molecule has 0 radical (unpaired) electrons. The Hall–Kier alpha value is -1.72. The number of rotatable bonds is 4. The molecule has 3 aliphatic heterocycles. The highest BCUT2D eigenvalue weighted by Crippen LogP contribution is 2.46. The van der Waals surface area contributed by atoms with Gasteiger partial charge in [0.05, 0.1) is 0 Å². The van der Waals surface area contributed by atoms with Crippen LogP contribution >= 0.6 is 11.8 Å². The van der Waals surface area contributed by atoms with E-state index in [1.165, 1.54) is 16.0 Å². The van der Waals surface area contributed by atoms with Gasteiger partial charge >= 0.3 is 0 Å². The zero-order valence-electron chi connectivity index (χ0n) is 13.0. The maximum absolute atomic E-state index is 9.36. The molecule has 0 aliphatic carbocycles. The van der Waals surface area contributed by atoms with Crippen molar-refractivity contribution in [3.63, 3.8) is 0 Å². The lowest BCUT2D eigenvalue weighted by molar-refractivity contribution is 0.174. The fraction of sp³-hybridized carbons (Fsp3) is 0.389. The fourth-order valence-electron chi connectivity index (χ4n) is 3.28. The standard InChI is InChI=1S/C18H19NO3S/c1-11-14-3-2-5-19-18(14)23-17(11)9-13-8-16-15(21-10-22-16)7-12(13)4-6-20/h2-3,5,7-8,14,18,20H,4,6,9-10H2,1H3. The van der Waals surface area contributed by atoms with Crippen molar-refractivity contribution in [2.24, 2.45) is 10.9 Å². The number of thioether (sulfide) groups is 1. The Kier molecular flexibility index (Phi) is 3.91. The first-order chi connectivity index (χ1) is 11.3. The Morgan fingerprint density at radius 2 is 2.04 bits per heavy atom. The molecule has 1 aromatic rings. The molecule has 4 nitrogen and oxygen atoms in total. The minimum atomic E-state index is 0.135. The van der Waals surface area contributed by atoms with Crippen LogP contribution in [0, 0.1) is 5.92 Å². The largest absolute Gasteiger partial charge is 0.454 e. The molecule has 5 heteroatoms. The number of nitrogens with zero attached hydrogens (tertiary/aromatic N) is 1. The summed E-state index contributed by atoms with van der Waals surface area (Å²) in [6, 6.07) is 4.07. The highest BCUT2D eigenvalue weighted by molar-refractivity contribution is 8.04. The van der Waals surface area contributed by atoms with Gasteiger partial charge in [0.2, 0.25) is 6.79 Å². The molecule has 0 aromatic heterocycles. The number of benzene rings is 1. The van der Waals surface area contributed by atoms with E-state index in [1.807, 2.05) is 30.1 Å². The van der Waals surface area contributed by atoms with Crippen LogP contribution in [0.15, 0.2) is 39.8 Å². The first-order valence-electron chi connectivity index (χ1n) is 7.85.